The molecule has 3 rings (SSSR count). The smallest absolute Gasteiger partial charge is 0.337 e. The van der Waals surface area contributed by atoms with Crippen molar-refractivity contribution in [3.63, 3.8) is 0 Å². The molecule has 7 nitrogen and oxygen atoms in total. The molecule has 152 valence electrons. The summed E-state index contributed by atoms with van der Waals surface area (Å²) in [7, 11) is 6.66. The summed E-state index contributed by atoms with van der Waals surface area (Å²) in [6, 6.07) is 14.8. The second-order valence-corrected chi connectivity index (χ2v) is 7.28. The zero-order valence-electron chi connectivity index (χ0n) is 17.3. The van der Waals surface area contributed by atoms with Crippen LogP contribution in [0.1, 0.15) is 29.3 Å². The third-order valence-corrected chi connectivity index (χ3v) is 5.07. The summed E-state index contributed by atoms with van der Waals surface area (Å²) in [6.07, 6.45) is 0.382. The molecule has 7 heteroatoms. The van der Waals surface area contributed by atoms with E-state index >= 15 is 0 Å². The molecule has 0 aromatic heterocycles. The predicted molar refractivity (Wildman–Crippen MR) is 113 cm³/mol. The van der Waals surface area contributed by atoms with E-state index in [4.69, 9.17) is 14.6 Å². The molecule has 29 heavy (non-hydrogen) atoms. The van der Waals surface area contributed by atoms with Crippen LogP contribution < -0.4 is 9.91 Å². The van der Waals surface area contributed by atoms with Crippen LogP contribution in [0.4, 0.5) is 11.4 Å². The number of esters is 2. The Labute approximate surface area is 170 Å². The van der Waals surface area contributed by atoms with Crippen molar-refractivity contribution in [2.24, 2.45) is 5.10 Å². The highest BCUT2D eigenvalue weighted by molar-refractivity contribution is 6.08. The Morgan fingerprint density at radius 1 is 1.00 bits per heavy atom. The quantitative estimate of drug-likeness (QED) is 0.725. The normalized spacial score (nSPS) is 18.2. The summed E-state index contributed by atoms with van der Waals surface area (Å²) in [5.41, 5.74) is 2.91. The number of nitrogens with zero attached hydrogens (tertiary/aromatic N) is 3. The maximum Gasteiger partial charge on any atom is 0.337 e. The second kappa shape index (κ2) is 7.95. The molecular formula is C22H25N3O4. The monoisotopic (exact) mass is 395 g/mol. The summed E-state index contributed by atoms with van der Waals surface area (Å²) in [4.78, 5) is 26.3. The molecule has 1 atom stereocenters. The van der Waals surface area contributed by atoms with Gasteiger partial charge >= 0.3 is 11.9 Å². The van der Waals surface area contributed by atoms with Crippen molar-refractivity contribution >= 4 is 29.0 Å². The first-order valence-electron chi connectivity index (χ1n) is 9.22. The highest BCUT2D eigenvalue weighted by Crippen LogP contribution is 2.36. The molecule has 1 heterocycles. The fourth-order valence-electron chi connectivity index (χ4n) is 3.36. The van der Waals surface area contributed by atoms with E-state index in [2.05, 4.69) is 0 Å². The van der Waals surface area contributed by atoms with E-state index in [0.29, 0.717) is 12.0 Å². The zero-order chi connectivity index (χ0) is 21.2. The molecule has 0 fully saturated rings. The Hall–Kier alpha value is -3.35. The summed E-state index contributed by atoms with van der Waals surface area (Å²) in [6.45, 7) is 1.82. The van der Waals surface area contributed by atoms with Crippen LogP contribution in [0, 0.1) is 0 Å². The Kier molecular flexibility index (Phi) is 5.59. The van der Waals surface area contributed by atoms with E-state index < -0.39 is 11.5 Å². The van der Waals surface area contributed by atoms with Crippen molar-refractivity contribution in [2.45, 2.75) is 18.9 Å². The van der Waals surface area contributed by atoms with E-state index in [1.165, 1.54) is 14.2 Å². The number of hydrogen-bond donors (Lipinski definition) is 0. The SMILES string of the molecule is COC(=O)c1ccc(C2=NN(c3ccc(N(C)C)cc3)C(C)(C(=O)OC)C2)cc1. The first kappa shape index (κ1) is 20.4. The van der Waals surface area contributed by atoms with E-state index in [1.54, 1.807) is 29.3 Å². The minimum absolute atomic E-state index is 0.362. The Morgan fingerprint density at radius 2 is 1.62 bits per heavy atom. The van der Waals surface area contributed by atoms with Gasteiger partial charge in [-0.25, -0.2) is 14.6 Å². The lowest BCUT2D eigenvalue weighted by molar-refractivity contribution is -0.146. The Bertz CT molecular complexity index is 936. The molecule has 0 N–H and O–H groups in total. The van der Waals surface area contributed by atoms with Crippen LogP contribution in [0.3, 0.4) is 0 Å². The highest BCUT2D eigenvalue weighted by atomic mass is 16.5. The highest BCUT2D eigenvalue weighted by Gasteiger charge is 2.47. The van der Waals surface area contributed by atoms with Crippen LogP contribution in [0.15, 0.2) is 53.6 Å². The Morgan fingerprint density at radius 3 is 2.14 bits per heavy atom. The van der Waals surface area contributed by atoms with Gasteiger partial charge in [-0.15, -0.1) is 0 Å². The summed E-state index contributed by atoms with van der Waals surface area (Å²) in [5.74, 6) is -0.758. The van der Waals surface area contributed by atoms with Gasteiger partial charge in [-0.1, -0.05) is 12.1 Å². The van der Waals surface area contributed by atoms with Crippen molar-refractivity contribution in [3.05, 3.63) is 59.7 Å². The van der Waals surface area contributed by atoms with E-state index in [9.17, 15) is 9.59 Å². The van der Waals surface area contributed by atoms with Crippen molar-refractivity contribution in [1.82, 2.24) is 0 Å². The average Bonchev–Trinajstić information content (AvgIpc) is 3.11. The number of carbonyl (C=O) groups excluding carboxylic acids is 2. The molecule has 0 amide bonds. The third kappa shape index (κ3) is 3.81. The van der Waals surface area contributed by atoms with Crippen LogP contribution >= 0.6 is 0 Å². The van der Waals surface area contributed by atoms with Gasteiger partial charge in [-0.2, -0.15) is 5.10 Å². The van der Waals surface area contributed by atoms with Crippen molar-refractivity contribution in [1.29, 1.82) is 0 Å². The van der Waals surface area contributed by atoms with Crippen molar-refractivity contribution in [2.75, 3.05) is 38.2 Å². The largest absolute Gasteiger partial charge is 0.467 e. The first-order chi connectivity index (χ1) is 13.8. The lowest BCUT2D eigenvalue weighted by Crippen LogP contribution is -2.48. The van der Waals surface area contributed by atoms with Crippen molar-refractivity contribution in [3.8, 4) is 0 Å². The van der Waals surface area contributed by atoms with Gasteiger partial charge in [0.25, 0.3) is 0 Å². The van der Waals surface area contributed by atoms with E-state index in [0.717, 1.165) is 22.6 Å². The topological polar surface area (TPSA) is 71.4 Å². The summed E-state index contributed by atoms with van der Waals surface area (Å²) in [5, 5.41) is 6.45. The summed E-state index contributed by atoms with van der Waals surface area (Å²) < 4.78 is 9.82. The lowest BCUT2D eigenvalue weighted by Gasteiger charge is -2.31. The van der Waals surface area contributed by atoms with Gasteiger partial charge in [-0.05, 0) is 48.9 Å². The van der Waals surface area contributed by atoms with Gasteiger partial charge in [0, 0.05) is 26.2 Å². The second-order valence-electron chi connectivity index (χ2n) is 7.28. The number of hydrazone groups is 1. The van der Waals surface area contributed by atoms with Gasteiger partial charge in [0.15, 0.2) is 5.54 Å². The molecule has 0 spiro atoms. The van der Waals surface area contributed by atoms with Crippen LogP contribution in [-0.2, 0) is 14.3 Å². The molecular weight excluding hydrogens is 370 g/mol. The molecule has 0 radical (unpaired) electrons. The van der Waals surface area contributed by atoms with Gasteiger partial charge < -0.3 is 14.4 Å². The first-order valence-corrected chi connectivity index (χ1v) is 9.22. The number of hydrogen-bond acceptors (Lipinski definition) is 7. The molecule has 0 saturated heterocycles. The van der Waals surface area contributed by atoms with E-state index in [1.807, 2.05) is 50.2 Å². The Balaban J connectivity index is 1.98. The molecule has 2 aromatic rings. The molecule has 0 saturated carbocycles. The standard InChI is InChI=1S/C22H25N3O4/c1-22(21(27)29-5)14-19(15-6-8-16(9-7-15)20(26)28-4)23-25(22)18-12-10-17(11-13-18)24(2)3/h6-13H,14H2,1-5H3. The number of benzene rings is 2. The lowest BCUT2D eigenvalue weighted by atomic mass is 9.92. The summed E-state index contributed by atoms with van der Waals surface area (Å²) >= 11 is 0. The van der Waals surface area contributed by atoms with Crippen molar-refractivity contribution < 1.29 is 19.1 Å². The molecule has 2 aromatic carbocycles. The average molecular weight is 395 g/mol. The van der Waals surface area contributed by atoms with Gasteiger partial charge in [0.1, 0.15) is 0 Å². The maximum absolute atomic E-state index is 12.6. The molecule has 1 unspecified atom stereocenters. The number of anilines is 2. The predicted octanol–water partition coefficient (Wildman–Crippen LogP) is 3.09. The van der Waals surface area contributed by atoms with Gasteiger partial charge in [0.05, 0.1) is 31.2 Å². The minimum atomic E-state index is -0.968. The van der Waals surface area contributed by atoms with Crippen LogP contribution in [0.2, 0.25) is 0 Å². The molecule has 1 aliphatic heterocycles. The van der Waals surface area contributed by atoms with Gasteiger partial charge in [-0.3, -0.25) is 0 Å². The molecule has 0 aliphatic carbocycles. The number of carbonyl (C=O) groups is 2. The molecule has 0 bridgehead atoms. The zero-order valence-corrected chi connectivity index (χ0v) is 17.3. The van der Waals surface area contributed by atoms with Gasteiger partial charge in [0.2, 0.25) is 0 Å². The van der Waals surface area contributed by atoms with Crippen LogP contribution in [-0.4, -0.2) is 51.5 Å². The fourth-order valence-corrected chi connectivity index (χ4v) is 3.36. The minimum Gasteiger partial charge on any atom is -0.467 e. The third-order valence-electron chi connectivity index (χ3n) is 5.07. The van der Waals surface area contributed by atoms with E-state index in [-0.39, 0.29) is 5.97 Å². The fraction of sp³-hybridized carbons (Fsp3) is 0.318. The number of rotatable bonds is 5. The van der Waals surface area contributed by atoms with Crippen LogP contribution in [0.25, 0.3) is 0 Å². The van der Waals surface area contributed by atoms with Crippen LogP contribution in [0.5, 0.6) is 0 Å². The number of methoxy groups -OCH3 is 2. The molecule has 1 aliphatic rings. The maximum atomic E-state index is 12.6. The number of ether oxygens (including phenoxy) is 2.